The van der Waals surface area contributed by atoms with Gasteiger partial charge in [-0.15, -0.1) is 0 Å². The minimum atomic E-state index is -0.545. The first-order chi connectivity index (χ1) is 20.3. The Bertz CT molecular complexity index is 1280. The van der Waals surface area contributed by atoms with E-state index >= 15 is 0 Å². The van der Waals surface area contributed by atoms with Gasteiger partial charge in [-0.25, -0.2) is 4.79 Å². The lowest BCUT2D eigenvalue weighted by Crippen LogP contribution is -2.30. The van der Waals surface area contributed by atoms with Crippen LogP contribution >= 0.6 is 11.6 Å². The summed E-state index contributed by atoms with van der Waals surface area (Å²) in [6, 6.07) is 21.2. The van der Waals surface area contributed by atoms with Crippen molar-refractivity contribution in [2.24, 2.45) is 5.92 Å². The number of aliphatic hydroxyl groups excluding tert-OH is 1. The maximum Gasteiger partial charge on any atom is 0.343 e. The average molecular weight is 597 g/mol. The molecule has 0 saturated carbocycles. The van der Waals surface area contributed by atoms with Crippen LogP contribution in [0.3, 0.4) is 0 Å². The molecule has 3 aromatic rings. The summed E-state index contributed by atoms with van der Waals surface area (Å²) < 4.78 is 16.3. The van der Waals surface area contributed by atoms with Crippen molar-refractivity contribution in [3.05, 3.63) is 95.1 Å². The third-order valence-corrected chi connectivity index (χ3v) is 7.36. The molecule has 42 heavy (non-hydrogen) atoms. The SMILES string of the molecule is CCCCCc1ccc(OOCC2CO[C@@H]3[C@H](O)CO[C@H]23)cc1.Cc1ccc(C(=O)Oc2ccc(C(=O)Cl)cc2)cc1. The van der Waals surface area contributed by atoms with Gasteiger partial charge in [-0.05, 0) is 85.5 Å². The van der Waals surface area contributed by atoms with Crippen molar-refractivity contribution in [1.82, 2.24) is 0 Å². The van der Waals surface area contributed by atoms with Crippen LogP contribution in [0, 0.1) is 12.8 Å². The summed E-state index contributed by atoms with van der Waals surface area (Å²) in [6.07, 6.45) is 4.01. The van der Waals surface area contributed by atoms with Crippen LogP contribution in [0.5, 0.6) is 11.5 Å². The lowest BCUT2D eigenvalue weighted by molar-refractivity contribution is -0.220. The maximum atomic E-state index is 11.8. The van der Waals surface area contributed by atoms with Crippen molar-refractivity contribution in [1.29, 1.82) is 0 Å². The van der Waals surface area contributed by atoms with E-state index in [2.05, 4.69) is 19.1 Å². The number of benzene rings is 3. The van der Waals surface area contributed by atoms with Gasteiger partial charge < -0.3 is 24.2 Å². The van der Waals surface area contributed by atoms with Crippen LogP contribution in [0.15, 0.2) is 72.8 Å². The molecule has 224 valence electrons. The first-order valence-corrected chi connectivity index (χ1v) is 14.6. The topological polar surface area (TPSA) is 101 Å². The molecule has 1 unspecified atom stereocenters. The Labute approximate surface area is 251 Å². The van der Waals surface area contributed by atoms with Crippen LogP contribution < -0.4 is 9.62 Å². The van der Waals surface area contributed by atoms with Crippen molar-refractivity contribution in [2.45, 2.75) is 57.8 Å². The smallest absolute Gasteiger partial charge is 0.343 e. The summed E-state index contributed by atoms with van der Waals surface area (Å²) in [5, 5.41) is 9.16. The number of carbonyl (C=O) groups is 2. The largest absolute Gasteiger partial charge is 0.423 e. The Balaban J connectivity index is 0.000000197. The second kappa shape index (κ2) is 15.8. The number of esters is 1. The zero-order valence-corrected chi connectivity index (χ0v) is 24.6. The molecule has 2 aliphatic heterocycles. The van der Waals surface area contributed by atoms with Crippen LogP contribution in [-0.4, -0.2) is 54.5 Å². The molecule has 1 N–H and O–H groups in total. The van der Waals surface area contributed by atoms with E-state index in [1.807, 2.05) is 31.2 Å². The molecular weight excluding hydrogens is 560 g/mol. The summed E-state index contributed by atoms with van der Waals surface area (Å²) in [5.41, 5.74) is 3.23. The monoisotopic (exact) mass is 596 g/mol. The minimum Gasteiger partial charge on any atom is -0.423 e. The zero-order valence-electron chi connectivity index (χ0n) is 23.9. The highest BCUT2D eigenvalue weighted by Crippen LogP contribution is 2.31. The third-order valence-electron chi connectivity index (χ3n) is 7.14. The molecule has 0 bridgehead atoms. The molecule has 4 atom stereocenters. The normalized spacial score (nSPS) is 20.8. The Kier molecular flexibility index (Phi) is 11.9. The Hall–Kier alpha value is -3.27. The quantitative estimate of drug-likeness (QED) is 0.0708. The second-order valence-corrected chi connectivity index (χ2v) is 10.8. The molecule has 0 spiro atoms. The second-order valence-electron chi connectivity index (χ2n) is 10.4. The van der Waals surface area contributed by atoms with Crippen LogP contribution in [-0.2, 0) is 20.8 Å². The molecule has 9 heteroatoms. The predicted molar refractivity (Wildman–Crippen MR) is 158 cm³/mol. The van der Waals surface area contributed by atoms with Crippen LogP contribution in [0.1, 0.15) is 58.0 Å². The third kappa shape index (κ3) is 9.11. The number of hydrogen-bond acceptors (Lipinski definition) is 8. The van der Waals surface area contributed by atoms with Gasteiger partial charge in [-0.2, -0.15) is 4.89 Å². The molecule has 0 aromatic heterocycles. The molecule has 0 aliphatic carbocycles. The van der Waals surface area contributed by atoms with Crippen molar-refractivity contribution in [3.63, 3.8) is 0 Å². The fourth-order valence-corrected chi connectivity index (χ4v) is 4.82. The van der Waals surface area contributed by atoms with Gasteiger partial charge in [0.1, 0.15) is 24.6 Å². The Morgan fingerprint density at radius 1 is 0.857 bits per heavy atom. The van der Waals surface area contributed by atoms with E-state index in [9.17, 15) is 14.7 Å². The lowest BCUT2D eigenvalue weighted by Gasteiger charge is -2.15. The van der Waals surface area contributed by atoms with Crippen LogP contribution in [0.25, 0.3) is 0 Å². The van der Waals surface area contributed by atoms with Gasteiger partial charge in [0.15, 0.2) is 5.75 Å². The predicted octanol–water partition coefficient (Wildman–Crippen LogP) is 6.10. The molecule has 5 rings (SSSR count). The number of unbranched alkanes of at least 4 members (excludes halogenated alkanes) is 2. The first kappa shape index (κ1) is 31.7. The summed E-state index contributed by atoms with van der Waals surface area (Å²) >= 11 is 5.33. The van der Waals surface area contributed by atoms with Gasteiger partial charge >= 0.3 is 5.97 Å². The number of ether oxygens (including phenoxy) is 3. The highest BCUT2D eigenvalue weighted by atomic mass is 35.5. The number of fused-ring (bicyclic) bond motifs is 1. The zero-order chi connectivity index (χ0) is 29.9. The highest BCUT2D eigenvalue weighted by Gasteiger charge is 2.47. The fourth-order valence-electron chi connectivity index (χ4n) is 4.69. The van der Waals surface area contributed by atoms with E-state index in [0.29, 0.717) is 42.4 Å². The molecule has 2 aliphatic rings. The van der Waals surface area contributed by atoms with E-state index in [1.54, 1.807) is 12.1 Å². The van der Waals surface area contributed by atoms with E-state index in [-0.39, 0.29) is 18.1 Å². The molecule has 2 saturated heterocycles. The van der Waals surface area contributed by atoms with E-state index in [1.165, 1.54) is 49.1 Å². The molecule has 8 nitrogen and oxygen atoms in total. The van der Waals surface area contributed by atoms with Gasteiger partial charge in [-0.1, -0.05) is 49.6 Å². The number of rotatable bonds is 11. The number of hydrogen-bond donors (Lipinski definition) is 1. The van der Waals surface area contributed by atoms with E-state index in [0.717, 1.165) is 12.0 Å². The summed E-state index contributed by atoms with van der Waals surface area (Å²) in [4.78, 5) is 33.4. The Morgan fingerprint density at radius 2 is 1.50 bits per heavy atom. The van der Waals surface area contributed by atoms with Crippen LogP contribution in [0.4, 0.5) is 0 Å². The molecule has 0 radical (unpaired) electrons. The lowest BCUT2D eigenvalue weighted by atomic mass is 10.0. The van der Waals surface area contributed by atoms with Gasteiger partial charge in [0.25, 0.3) is 5.24 Å². The van der Waals surface area contributed by atoms with Gasteiger partial charge in [-0.3, -0.25) is 4.79 Å². The molecule has 2 fully saturated rings. The molecular formula is C33H37ClO8. The number of carbonyl (C=O) groups excluding carboxylic acids is 2. The molecule has 2 heterocycles. The van der Waals surface area contributed by atoms with Crippen molar-refractivity contribution in [2.75, 3.05) is 19.8 Å². The highest BCUT2D eigenvalue weighted by molar-refractivity contribution is 6.67. The summed E-state index contributed by atoms with van der Waals surface area (Å²) in [6.45, 7) is 5.42. The number of halogens is 1. The first-order valence-electron chi connectivity index (χ1n) is 14.2. The number of aryl methyl sites for hydroxylation is 2. The number of aliphatic hydroxyl groups is 1. The van der Waals surface area contributed by atoms with E-state index < -0.39 is 17.3 Å². The minimum absolute atomic E-state index is 0.0884. The summed E-state index contributed by atoms with van der Waals surface area (Å²) in [7, 11) is 0. The average Bonchev–Trinajstić information content (AvgIpc) is 3.57. The molecule has 0 amide bonds. The van der Waals surface area contributed by atoms with Gasteiger partial charge in [0.2, 0.25) is 0 Å². The Morgan fingerprint density at radius 3 is 2.17 bits per heavy atom. The standard InChI is InChI=1S/C18H26O5.C15H11ClO3/c1-2-3-4-5-13-6-8-15(9-7-13)23-22-11-14-10-20-18-16(19)12-21-17(14)18;1-10-2-4-12(5-3-10)15(18)19-13-8-6-11(7-9-13)14(16)17/h6-9,14,16-19H,2-5,10-12H2,1H3;2-9H,1H3/t14?,16-,17-,18-;/m1./s1. The van der Waals surface area contributed by atoms with Crippen LogP contribution in [0.2, 0.25) is 0 Å². The van der Waals surface area contributed by atoms with Crippen molar-refractivity contribution in [3.8, 4) is 11.5 Å². The van der Waals surface area contributed by atoms with Gasteiger partial charge in [0, 0.05) is 11.5 Å². The van der Waals surface area contributed by atoms with Crippen molar-refractivity contribution >= 4 is 22.8 Å². The summed E-state index contributed by atoms with van der Waals surface area (Å²) in [5.74, 6) is 0.731. The van der Waals surface area contributed by atoms with Crippen molar-refractivity contribution < 1.29 is 38.7 Å². The fraction of sp³-hybridized carbons (Fsp3) is 0.394. The van der Waals surface area contributed by atoms with E-state index in [4.69, 9.17) is 35.6 Å². The molecule has 3 aromatic carbocycles. The maximum absolute atomic E-state index is 11.8. The van der Waals surface area contributed by atoms with Gasteiger partial charge in [0.05, 0.1) is 24.9 Å².